The van der Waals surface area contributed by atoms with Gasteiger partial charge in [-0.3, -0.25) is 14.9 Å². The van der Waals surface area contributed by atoms with Gasteiger partial charge in [0.25, 0.3) is 5.69 Å². The lowest BCUT2D eigenvalue weighted by Crippen LogP contribution is -2.13. The second-order valence-electron chi connectivity index (χ2n) is 5.01. The van der Waals surface area contributed by atoms with E-state index in [0.717, 1.165) is 11.1 Å². The highest BCUT2D eigenvalue weighted by molar-refractivity contribution is 6.02. The van der Waals surface area contributed by atoms with Crippen LogP contribution in [-0.2, 0) is 12.8 Å². The molecule has 1 aliphatic carbocycles. The lowest BCUT2D eigenvalue weighted by molar-refractivity contribution is -0.385. The Morgan fingerprint density at radius 2 is 1.80 bits per heavy atom. The first-order chi connectivity index (χ1) is 9.66. The molecule has 2 aromatic rings. The van der Waals surface area contributed by atoms with Crippen molar-refractivity contribution in [1.82, 2.24) is 0 Å². The molecule has 100 valence electrons. The van der Waals surface area contributed by atoms with Crippen LogP contribution >= 0.6 is 0 Å². The van der Waals surface area contributed by atoms with Gasteiger partial charge in [-0.1, -0.05) is 42.5 Å². The summed E-state index contributed by atoms with van der Waals surface area (Å²) in [4.78, 5) is 22.9. The highest BCUT2D eigenvalue weighted by atomic mass is 16.6. The summed E-state index contributed by atoms with van der Waals surface area (Å²) >= 11 is 0. The first kappa shape index (κ1) is 12.5. The summed E-state index contributed by atoms with van der Waals surface area (Å²) < 4.78 is 0. The summed E-state index contributed by atoms with van der Waals surface area (Å²) in [7, 11) is 0. The largest absolute Gasteiger partial charge is 0.294 e. The van der Waals surface area contributed by atoms with Crippen molar-refractivity contribution in [3.8, 4) is 0 Å². The molecular weight excluding hydrogens is 254 g/mol. The topological polar surface area (TPSA) is 60.2 Å². The third-order valence-electron chi connectivity index (χ3n) is 3.77. The van der Waals surface area contributed by atoms with Crippen molar-refractivity contribution in [3.63, 3.8) is 0 Å². The average molecular weight is 267 g/mol. The zero-order valence-corrected chi connectivity index (χ0v) is 10.8. The fraction of sp³-hybridized carbons (Fsp3) is 0.188. The Morgan fingerprint density at radius 3 is 2.55 bits per heavy atom. The predicted octanol–water partition coefficient (Wildman–Crippen LogP) is 3.19. The molecule has 3 rings (SSSR count). The van der Waals surface area contributed by atoms with Crippen LogP contribution in [0.5, 0.6) is 0 Å². The summed E-state index contributed by atoms with van der Waals surface area (Å²) in [6, 6.07) is 14.2. The molecule has 20 heavy (non-hydrogen) atoms. The van der Waals surface area contributed by atoms with Gasteiger partial charge in [0, 0.05) is 23.1 Å². The number of hydrogen-bond donors (Lipinski definition) is 0. The molecule has 0 N–H and O–H groups in total. The zero-order chi connectivity index (χ0) is 14.1. The molecule has 0 radical (unpaired) electrons. The molecular formula is C16H13NO3. The minimum atomic E-state index is -0.387. The van der Waals surface area contributed by atoms with Gasteiger partial charge in [-0.15, -0.1) is 0 Å². The Morgan fingerprint density at radius 1 is 1.10 bits per heavy atom. The highest BCUT2D eigenvalue weighted by Crippen LogP contribution is 2.31. The molecule has 2 aromatic carbocycles. The van der Waals surface area contributed by atoms with Crippen LogP contribution in [0.4, 0.5) is 5.69 Å². The molecule has 0 saturated carbocycles. The van der Waals surface area contributed by atoms with Crippen molar-refractivity contribution in [2.75, 3.05) is 0 Å². The van der Waals surface area contributed by atoms with E-state index in [4.69, 9.17) is 0 Å². The highest BCUT2D eigenvalue weighted by Gasteiger charge is 2.31. The molecule has 0 saturated heterocycles. The van der Waals surface area contributed by atoms with Gasteiger partial charge in [-0.25, -0.2) is 0 Å². The van der Waals surface area contributed by atoms with Gasteiger partial charge in [0.2, 0.25) is 0 Å². The molecule has 0 aliphatic heterocycles. The number of carbonyl (C=O) groups is 1. The van der Waals surface area contributed by atoms with Crippen LogP contribution in [0.1, 0.15) is 21.5 Å². The van der Waals surface area contributed by atoms with Gasteiger partial charge < -0.3 is 0 Å². The number of nitrogens with zero attached hydrogens (tertiary/aromatic N) is 1. The Kier molecular flexibility index (Phi) is 3.06. The second-order valence-corrected chi connectivity index (χ2v) is 5.01. The van der Waals surface area contributed by atoms with Gasteiger partial charge in [0.1, 0.15) is 0 Å². The van der Waals surface area contributed by atoms with Crippen LogP contribution in [0.2, 0.25) is 0 Å². The van der Waals surface area contributed by atoms with Crippen molar-refractivity contribution in [3.05, 3.63) is 75.3 Å². The number of rotatable bonds is 3. The number of ketones is 1. The van der Waals surface area contributed by atoms with Crippen LogP contribution < -0.4 is 0 Å². The summed E-state index contributed by atoms with van der Waals surface area (Å²) in [6.07, 6.45) is 1.09. The van der Waals surface area contributed by atoms with Crippen LogP contribution in [-0.4, -0.2) is 10.7 Å². The lowest BCUT2D eigenvalue weighted by Gasteiger charge is -2.08. The molecule has 0 fully saturated rings. The lowest BCUT2D eigenvalue weighted by atomic mass is 9.95. The summed E-state index contributed by atoms with van der Waals surface area (Å²) in [6.45, 7) is 0. The predicted molar refractivity (Wildman–Crippen MR) is 74.8 cm³/mol. The summed E-state index contributed by atoms with van der Waals surface area (Å²) in [5, 5.41) is 11.0. The number of hydrogen-bond acceptors (Lipinski definition) is 3. The van der Waals surface area contributed by atoms with Crippen LogP contribution in [0.25, 0.3) is 0 Å². The van der Waals surface area contributed by atoms with Crippen molar-refractivity contribution >= 4 is 11.5 Å². The minimum absolute atomic E-state index is 0.0938. The molecule has 1 atom stereocenters. The third kappa shape index (κ3) is 2.09. The summed E-state index contributed by atoms with van der Waals surface area (Å²) in [5.41, 5.74) is 2.53. The molecule has 0 heterocycles. The maximum absolute atomic E-state index is 12.3. The molecule has 4 heteroatoms. The second kappa shape index (κ2) is 4.89. The Bertz CT molecular complexity index is 694. The Hall–Kier alpha value is -2.49. The van der Waals surface area contributed by atoms with Gasteiger partial charge in [-0.05, 0) is 18.4 Å². The number of nitro benzene ring substituents is 1. The smallest absolute Gasteiger partial charge is 0.272 e. The fourth-order valence-electron chi connectivity index (χ4n) is 2.81. The van der Waals surface area contributed by atoms with E-state index in [2.05, 4.69) is 0 Å². The standard InChI is InChI=1S/C16H13NO3/c18-16-13(9-11-5-1-3-7-14(11)16)10-12-6-2-4-8-15(12)17(19)20/h1-8,13H,9-10H2. The average Bonchev–Trinajstić information content (AvgIpc) is 2.76. The molecule has 1 unspecified atom stereocenters. The van der Waals surface area contributed by atoms with E-state index in [1.165, 1.54) is 6.07 Å². The van der Waals surface area contributed by atoms with Gasteiger partial charge in [0.15, 0.2) is 5.78 Å². The number of fused-ring (bicyclic) bond motifs is 1. The molecule has 0 amide bonds. The molecule has 0 bridgehead atoms. The van der Waals surface area contributed by atoms with Crippen molar-refractivity contribution < 1.29 is 9.72 Å². The number of carbonyl (C=O) groups excluding carboxylic acids is 1. The first-order valence-corrected chi connectivity index (χ1v) is 6.51. The van der Waals surface area contributed by atoms with Crippen LogP contribution in [0.15, 0.2) is 48.5 Å². The zero-order valence-electron chi connectivity index (χ0n) is 10.8. The normalized spacial score (nSPS) is 17.0. The van der Waals surface area contributed by atoms with Crippen molar-refractivity contribution in [2.45, 2.75) is 12.8 Å². The first-order valence-electron chi connectivity index (χ1n) is 6.51. The maximum atomic E-state index is 12.3. The number of nitro groups is 1. The number of benzene rings is 2. The van der Waals surface area contributed by atoms with E-state index in [0.29, 0.717) is 18.4 Å². The van der Waals surface area contributed by atoms with Gasteiger partial charge in [-0.2, -0.15) is 0 Å². The van der Waals surface area contributed by atoms with Gasteiger partial charge in [0.05, 0.1) is 4.92 Å². The fourth-order valence-corrected chi connectivity index (χ4v) is 2.81. The van der Waals surface area contributed by atoms with E-state index in [1.54, 1.807) is 18.2 Å². The van der Waals surface area contributed by atoms with Crippen LogP contribution in [0, 0.1) is 16.0 Å². The summed E-state index contributed by atoms with van der Waals surface area (Å²) in [5.74, 6) is -0.0905. The maximum Gasteiger partial charge on any atom is 0.272 e. The van der Waals surface area contributed by atoms with E-state index in [-0.39, 0.29) is 22.3 Å². The molecule has 4 nitrogen and oxygen atoms in total. The SMILES string of the molecule is O=C1c2ccccc2CC1Cc1ccccc1[N+](=O)[O-]. The quantitative estimate of drug-likeness (QED) is 0.633. The minimum Gasteiger partial charge on any atom is -0.294 e. The Balaban J connectivity index is 1.88. The van der Waals surface area contributed by atoms with E-state index < -0.39 is 0 Å². The number of Topliss-reactive ketones (excluding diaryl/α,β-unsaturated/α-hetero) is 1. The molecule has 0 aromatic heterocycles. The van der Waals surface area contributed by atoms with E-state index >= 15 is 0 Å². The van der Waals surface area contributed by atoms with E-state index in [1.807, 2.05) is 24.3 Å². The van der Waals surface area contributed by atoms with Crippen LogP contribution in [0.3, 0.4) is 0 Å². The molecule has 0 spiro atoms. The van der Waals surface area contributed by atoms with Gasteiger partial charge >= 0.3 is 0 Å². The van der Waals surface area contributed by atoms with E-state index in [9.17, 15) is 14.9 Å². The Labute approximate surface area is 116 Å². The third-order valence-corrected chi connectivity index (χ3v) is 3.77. The monoisotopic (exact) mass is 267 g/mol. The van der Waals surface area contributed by atoms with Crippen molar-refractivity contribution in [2.24, 2.45) is 5.92 Å². The molecule has 1 aliphatic rings. The number of para-hydroxylation sites is 1. The van der Waals surface area contributed by atoms with Crippen molar-refractivity contribution in [1.29, 1.82) is 0 Å².